The standard InChI is InChI=1S/C27H30N4O2/c1-20(19-30-13-15-31(16-14-30)21(2)32)28-27(33)24-17-25(22-9-5-3-6-10-22)29-26(18-24)23-11-7-4-8-12-23/h3-12,17-18,20H,13-16,19H2,1-2H3,(H,28,33). The van der Waals surface area contributed by atoms with Gasteiger partial charge in [0.25, 0.3) is 5.91 Å². The maximum atomic E-state index is 13.2. The first kappa shape index (κ1) is 22.7. The Balaban J connectivity index is 1.50. The second-order valence-electron chi connectivity index (χ2n) is 8.54. The second kappa shape index (κ2) is 10.4. The van der Waals surface area contributed by atoms with E-state index in [1.807, 2.05) is 84.6 Å². The van der Waals surface area contributed by atoms with Crippen molar-refractivity contribution in [1.29, 1.82) is 0 Å². The molecule has 1 N–H and O–H groups in total. The topological polar surface area (TPSA) is 65.5 Å². The van der Waals surface area contributed by atoms with Crippen LogP contribution >= 0.6 is 0 Å². The van der Waals surface area contributed by atoms with Gasteiger partial charge in [0.1, 0.15) is 0 Å². The number of aromatic nitrogens is 1. The van der Waals surface area contributed by atoms with Crippen molar-refractivity contribution in [3.8, 4) is 22.5 Å². The van der Waals surface area contributed by atoms with Crippen molar-refractivity contribution in [2.75, 3.05) is 32.7 Å². The lowest BCUT2D eigenvalue weighted by atomic mass is 10.0. The van der Waals surface area contributed by atoms with Crippen LogP contribution in [0.2, 0.25) is 0 Å². The molecule has 1 unspecified atom stereocenters. The molecule has 0 radical (unpaired) electrons. The maximum Gasteiger partial charge on any atom is 0.251 e. The van der Waals surface area contributed by atoms with Crippen molar-refractivity contribution in [2.24, 2.45) is 0 Å². The van der Waals surface area contributed by atoms with Crippen LogP contribution in [-0.2, 0) is 4.79 Å². The monoisotopic (exact) mass is 442 g/mol. The quantitative estimate of drug-likeness (QED) is 0.632. The molecule has 6 nitrogen and oxygen atoms in total. The molecule has 1 saturated heterocycles. The molecule has 1 fully saturated rings. The molecule has 170 valence electrons. The number of piperazine rings is 1. The van der Waals surface area contributed by atoms with E-state index >= 15 is 0 Å². The summed E-state index contributed by atoms with van der Waals surface area (Å²) in [6.45, 7) is 7.51. The number of pyridine rings is 1. The van der Waals surface area contributed by atoms with Crippen LogP contribution in [0.5, 0.6) is 0 Å². The van der Waals surface area contributed by atoms with Crippen molar-refractivity contribution >= 4 is 11.8 Å². The van der Waals surface area contributed by atoms with E-state index in [0.717, 1.165) is 55.2 Å². The molecule has 2 aromatic carbocycles. The number of amides is 2. The van der Waals surface area contributed by atoms with Crippen molar-refractivity contribution in [3.63, 3.8) is 0 Å². The number of nitrogens with zero attached hydrogens (tertiary/aromatic N) is 3. The minimum absolute atomic E-state index is 0.0186. The van der Waals surface area contributed by atoms with Crippen LogP contribution in [0.15, 0.2) is 72.8 Å². The molecule has 1 aliphatic heterocycles. The van der Waals surface area contributed by atoms with E-state index in [-0.39, 0.29) is 17.9 Å². The average Bonchev–Trinajstić information content (AvgIpc) is 2.85. The van der Waals surface area contributed by atoms with Crippen LogP contribution in [0.1, 0.15) is 24.2 Å². The Labute approximate surface area is 195 Å². The van der Waals surface area contributed by atoms with E-state index < -0.39 is 0 Å². The van der Waals surface area contributed by atoms with Gasteiger partial charge in [-0.05, 0) is 19.1 Å². The summed E-state index contributed by atoms with van der Waals surface area (Å²) in [6.07, 6.45) is 0. The Kier molecular flexibility index (Phi) is 7.15. The number of carbonyl (C=O) groups excluding carboxylic acids is 2. The lowest BCUT2D eigenvalue weighted by Crippen LogP contribution is -2.51. The summed E-state index contributed by atoms with van der Waals surface area (Å²) < 4.78 is 0. The van der Waals surface area contributed by atoms with Gasteiger partial charge in [0.05, 0.1) is 11.4 Å². The van der Waals surface area contributed by atoms with Crippen LogP contribution in [-0.4, -0.2) is 65.4 Å². The predicted molar refractivity (Wildman–Crippen MR) is 131 cm³/mol. The normalized spacial score (nSPS) is 15.2. The minimum Gasteiger partial charge on any atom is -0.348 e. The van der Waals surface area contributed by atoms with E-state index in [1.165, 1.54) is 0 Å². The number of carbonyl (C=O) groups is 2. The second-order valence-corrected chi connectivity index (χ2v) is 8.54. The highest BCUT2D eigenvalue weighted by molar-refractivity contribution is 5.96. The lowest BCUT2D eigenvalue weighted by molar-refractivity contribution is -0.130. The third-order valence-electron chi connectivity index (χ3n) is 5.95. The summed E-state index contributed by atoms with van der Waals surface area (Å²) in [5, 5.41) is 3.15. The third kappa shape index (κ3) is 5.84. The first-order valence-corrected chi connectivity index (χ1v) is 11.4. The van der Waals surface area contributed by atoms with Gasteiger partial charge >= 0.3 is 0 Å². The molecular formula is C27H30N4O2. The molecule has 0 aliphatic carbocycles. The molecule has 2 heterocycles. The fourth-order valence-corrected chi connectivity index (χ4v) is 4.16. The number of hydrogen-bond acceptors (Lipinski definition) is 4. The van der Waals surface area contributed by atoms with Gasteiger partial charge < -0.3 is 10.2 Å². The predicted octanol–water partition coefficient (Wildman–Crippen LogP) is 3.70. The molecule has 0 bridgehead atoms. The lowest BCUT2D eigenvalue weighted by Gasteiger charge is -2.35. The van der Waals surface area contributed by atoms with Gasteiger partial charge in [0.2, 0.25) is 5.91 Å². The Morgan fingerprint density at radius 1 is 0.879 bits per heavy atom. The van der Waals surface area contributed by atoms with Crippen LogP contribution in [0.25, 0.3) is 22.5 Å². The summed E-state index contributed by atoms with van der Waals surface area (Å²) in [7, 11) is 0. The highest BCUT2D eigenvalue weighted by Gasteiger charge is 2.21. The van der Waals surface area contributed by atoms with Gasteiger partial charge in [0.15, 0.2) is 0 Å². The average molecular weight is 443 g/mol. The molecule has 2 amide bonds. The Hall–Kier alpha value is -3.51. The Morgan fingerprint density at radius 2 is 1.39 bits per heavy atom. The summed E-state index contributed by atoms with van der Waals surface area (Å²) >= 11 is 0. The molecule has 1 atom stereocenters. The molecule has 4 rings (SSSR count). The van der Waals surface area contributed by atoms with Gasteiger partial charge in [-0.1, -0.05) is 60.7 Å². The first-order chi connectivity index (χ1) is 16.0. The SMILES string of the molecule is CC(=O)N1CCN(CC(C)NC(=O)c2cc(-c3ccccc3)nc(-c3ccccc3)c2)CC1. The van der Waals surface area contributed by atoms with Crippen molar-refractivity contribution in [3.05, 3.63) is 78.4 Å². The zero-order valence-corrected chi connectivity index (χ0v) is 19.2. The summed E-state index contributed by atoms with van der Waals surface area (Å²) in [5.41, 5.74) is 4.09. The molecule has 1 aliphatic rings. The van der Waals surface area contributed by atoms with Crippen molar-refractivity contribution in [2.45, 2.75) is 19.9 Å². The molecule has 0 saturated carbocycles. The number of hydrogen-bond donors (Lipinski definition) is 1. The van der Waals surface area contributed by atoms with Crippen LogP contribution in [0.4, 0.5) is 0 Å². The van der Waals surface area contributed by atoms with E-state index in [2.05, 4.69) is 10.2 Å². The summed E-state index contributed by atoms with van der Waals surface area (Å²) in [5.74, 6) is 0.0127. The van der Waals surface area contributed by atoms with Gasteiger partial charge in [-0.25, -0.2) is 4.98 Å². The molecular weight excluding hydrogens is 412 g/mol. The van der Waals surface area contributed by atoms with E-state index in [1.54, 1.807) is 6.92 Å². The smallest absolute Gasteiger partial charge is 0.251 e. The molecule has 0 spiro atoms. The zero-order valence-electron chi connectivity index (χ0n) is 19.2. The number of benzene rings is 2. The van der Waals surface area contributed by atoms with Gasteiger partial charge in [0, 0.05) is 62.4 Å². The van der Waals surface area contributed by atoms with Crippen LogP contribution < -0.4 is 5.32 Å². The van der Waals surface area contributed by atoms with Crippen molar-refractivity contribution < 1.29 is 9.59 Å². The van der Waals surface area contributed by atoms with Gasteiger partial charge in [-0.2, -0.15) is 0 Å². The van der Waals surface area contributed by atoms with Crippen molar-refractivity contribution in [1.82, 2.24) is 20.1 Å². The fraction of sp³-hybridized carbons (Fsp3) is 0.296. The van der Waals surface area contributed by atoms with E-state index in [4.69, 9.17) is 4.98 Å². The van der Waals surface area contributed by atoms with E-state index in [9.17, 15) is 9.59 Å². The zero-order chi connectivity index (χ0) is 23.2. The number of nitrogens with one attached hydrogen (secondary N) is 1. The Bertz CT molecular complexity index is 1040. The highest BCUT2D eigenvalue weighted by atomic mass is 16.2. The van der Waals surface area contributed by atoms with Gasteiger partial charge in [-0.3, -0.25) is 14.5 Å². The number of rotatable bonds is 6. The highest BCUT2D eigenvalue weighted by Crippen LogP contribution is 2.25. The maximum absolute atomic E-state index is 13.2. The first-order valence-electron chi connectivity index (χ1n) is 11.4. The summed E-state index contributed by atoms with van der Waals surface area (Å²) in [4.78, 5) is 33.7. The Morgan fingerprint density at radius 3 is 1.88 bits per heavy atom. The molecule has 33 heavy (non-hydrogen) atoms. The van der Waals surface area contributed by atoms with Crippen LogP contribution in [0, 0.1) is 0 Å². The molecule has 1 aromatic heterocycles. The largest absolute Gasteiger partial charge is 0.348 e. The molecule has 3 aromatic rings. The van der Waals surface area contributed by atoms with Crippen LogP contribution in [0.3, 0.4) is 0 Å². The van der Waals surface area contributed by atoms with E-state index in [0.29, 0.717) is 5.56 Å². The fourth-order valence-electron chi connectivity index (χ4n) is 4.16. The summed E-state index contributed by atoms with van der Waals surface area (Å²) in [6, 6.07) is 23.5. The van der Waals surface area contributed by atoms with Gasteiger partial charge in [-0.15, -0.1) is 0 Å². The minimum atomic E-state index is -0.110. The molecule has 6 heteroatoms. The third-order valence-corrected chi connectivity index (χ3v) is 5.95.